The van der Waals surface area contributed by atoms with Crippen LogP contribution in [0.25, 0.3) is 0 Å². The molecular weight excluding hydrogens is 113 g/mol. The van der Waals surface area contributed by atoms with Crippen LogP contribution in [-0.4, -0.2) is 64.9 Å². The summed E-state index contributed by atoms with van der Waals surface area (Å²) in [7, 11) is 1.37. The van der Waals surface area contributed by atoms with Gasteiger partial charge in [0.15, 0.2) is 0 Å². The summed E-state index contributed by atoms with van der Waals surface area (Å²) in [6.07, 6.45) is 2.04. The number of rotatable bonds is 0. The predicted octanol–water partition coefficient (Wildman–Crippen LogP) is 0.500. The molecule has 2 radical (unpaired) electrons. The average Bonchev–Trinajstić information content (AvgIpc) is 0.722. The Hall–Kier alpha value is 1.91. The zero-order valence-electron chi connectivity index (χ0n) is 4.18. The van der Waals surface area contributed by atoms with E-state index in [1.807, 2.05) is 6.08 Å². The maximum atomic E-state index is 2.10. The molecule has 1 rings (SSSR count). The van der Waals surface area contributed by atoms with E-state index in [0.29, 0.717) is 0 Å². The largest absolute Gasteiger partial charge is 0.0765 e. The minimum Gasteiger partial charge on any atom is -0.0765 e. The molecule has 6 heavy (non-hydrogen) atoms. The van der Waals surface area contributed by atoms with E-state index in [1.165, 1.54) is 8.20 Å². The first-order valence-corrected chi connectivity index (χ1v) is 2.22. The average molecular weight is 116 g/mol. The molecule has 3 heteroatoms. The maximum Gasteiger partial charge on any atom is 0 e. The van der Waals surface area contributed by atoms with Crippen LogP contribution >= 0.6 is 8.20 Å². The zero-order valence-corrected chi connectivity index (χ0v) is 9.07. The molecule has 0 aromatic rings. The van der Waals surface area contributed by atoms with Crippen molar-refractivity contribution in [3.8, 4) is 0 Å². The summed E-state index contributed by atoms with van der Waals surface area (Å²) in [5, 5.41) is 0. The standard InChI is InChI=1S/C3H3P.2Na/c1-2-4-3-1;;/h1-3H;;. The topological polar surface area (TPSA) is 0 Å². The van der Waals surface area contributed by atoms with Crippen molar-refractivity contribution in [2.45, 2.75) is 0 Å². The first-order chi connectivity index (χ1) is 2.00. The molecule has 22 valence electrons. The molecule has 0 bridgehead atoms. The molecule has 0 aliphatic carbocycles. The van der Waals surface area contributed by atoms with Crippen molar-refractivity contribution in [2.24, 2.45) is 0 Å². The molecule has 0 saturated carbocycles. The van der Waals surface area contributed by atoms with E-state index in [1.54, 1.807) is 0 Å². The fourth-order valence-corrected chi connectivity index (χ4v) is 0.258. The second-order valence-electron chi connectivity index (χ2n) is 0.640. The minimum absolute atomic E-state index is 0. The molecule has 0 aromatic heterocycles. The minimum atomic E-state index is 0. The summed E-state index contributed by atoms with van der Waals surface area (Å²) in [5.74, 6) is 4.19. The monoisotopic (exact) mass is 116 g/mol. The van der Waals surface area contributed by atoms with Crippen molar-refractivity contribution in [1.29, 1.82) is 0 Å². The second kappa shape index (κ2) is 6.91. The van der Waals surface area contributed by atoms with Gasteiger partial charge in [0, 0.05) is 59.1 Å². The van der Waals surface area contributed by atoms with Gasteiger partial charge < -0.3 is 0 Å². The molecule has 0 saturated heterocycles. The first kappa shape index (κ1) is 10.8. The number of hydrogen-bond donors (Lipinski definition) is 0. The van der Waals surface area contributed by atoms with Crippen molar-refractivity contribution in [3.63, 3.8) is 0 Å². The van der Waals surface area contributed by atoms with Crippen molar-refractivity contribution in [3.05, 3.63) is 11.9 Å². The van der Waals surface area contributed by atoms with Crippen LogP contribution < -0.4 is 0 Å². The third-order valence-electron chi connectivity index (χ3n) is 0.344. The van der Waals surface area contributed by atoms with E-state index in [2.05, 4.69) is 11.6 Å². The molecule has 0 amide bonds. The molecule has 0 nitrogen and oxygen atoms in total. The molecule has 1 aliphatic rings. The Morgan fingerprint density at radius 3 is 1.33 bits per heavy atom. The molecular formula is C3H3Na2P. The summed E-state index contributed by atoms with van der Waals surface area (Å²) in [5.41, 5.74) is 0. The van der Waals surface area contributed by atoms with Crippen LogP contribution in [0.2, 0.25) is 0 Å². The molecule has 0 fully saturated rings. The molecule has 0 spiro atoms. The summed E-state index contributed by atoms with van der Waals surface area (Å²) in [4.78, 5) is 0. The fourth-order valence-electron chi connectivity index (χ4n) is 0.0861. The Bertz CT molecular complexity index is 49.2. The Kier molecular flexibility index (Phi) is 12.5. The Morgan fingerprint density at radius 2 is 1.33 bits per heavy atom. The van der Waals surface area contributed by atoms with Gasteiger partial charge in [0.2, 0.25) is 0 Å². The van der Waals surface area contributed by atoms with Crippen molar-refractivity contribution >= 4 is 73.1 Å². The molecule has 0 aromatic carbocycles. The van der Waals surface area contributed by atoms with Gasteiger partial charge in [-0.05, 0) is 11.6 Å². The van der Waals surface area contributed by atoms with E-state index in [4.69, 9.17) is 0 Å². The van der Waals surface area contributed by atoms with Gasteiger partial charge in [-0.3, -0.25) is 0 Å². The van der Waals surface area contributed by atoms with Crippen molar-refractivity contribution < 1.29 is 0 Å². The smallest absolute Gasteiger partial charge is 0 e. The molecule has 1 heterocycles. The van der Waals surface area contributed by atoms with Gasteiger partial charge in [0.05, 0.1) is 0 Å². The van der Waals surface area contributed by atoms with Crippen LogP contribution in [0.1, 0.15) is 0 Å². The predicted molar refractivity (Wildman–Crippen MR) is 33.6 cm³/mol. The summed E-state index contributed by atoms with van der Waals surface area (Å²) >= 11 is 0. The summed E-state index contributed by atoms with van der Waals surface area (Å²) in [6.45, 7) is 0. The van der Waals surface area contributed by atoms with E-state index in [9.17, 15) is 0 Å². The van der Waals surface area contributed by atoms with Crippen LogP contribution in [0.5, 0.6) is 0 Å². The van der Waals surface area contributed by atoms with Gasteiger partial charge in [0.25, 0.3) is 0 Å². The number of allylic oxidation sites excluding steroid dienone is 1. The fraction of sp³-hybridized carbons (Fsp3) is 0. The van der Waals surface area contributed by atoms with Crippen LogP contribution in [0.3, 0.4) is 0 Å². The SMILES string of the molecule is C1=CP=C1.[Na].[Na]. The van der Waals surface area contributed by atoms with Crippen molar-refractivity contribution in [2.75, 3.05) is 0 Å². The summed E-state index contributed by atoms with van der Waals surface area (Å²) in [6, 6.07) is 0. The molecule has 0 atom stereocenters. The van der Waals surface area contributed by atoms with Gasteiger partial charge in [-0.2, -0.15) is 0 Å². The Balaban J connectivity index is 0. The molecule has 0 N–H and O–H groups in total. The van der Waals surface area contributed by atoms with Gasteiger partial charge in [-0.15, -0.1) is 0 Å². The van der Waals surface area contributed by atoms with E-state index >= 15 is 0 Å². The third-order valence-corrected chi connectivity index (χ3v) is 1.03. The van der Waals surface area contributed by atoms with Crippen molar-refractivity contribution in [1.82, 2.24) is 0 Å². The first-order valence-electron chi connectivity index (χ1n) is 1.18. The van der Waals surface area contributed by atoms with Gasteiger partial charge >= 0.3 is 0 Å². The van der Waals surface area contributed by atoms with Crippen LogP contribution in [0.15, 0.2) is 11.9 Å². The van der Waals surface area contributed by atoms with E-state index < -0.39 is 0 Å². The zero-order chi connectivity index (χ0) is 2.83. The quantitative estimate of drug-likeness (QED) is 0.319. The van der Waals surface area contributed by atoms with Crippen LogP contribution in [-0.2, 0) is 0 Å². The van der Waals surface area contributed by atoms with Gasteiger partial charge in [0.1, 0.15) is 0 Å². The Morgan fingerprint density at radius 1 is 1.17 bits per heavy atom. The molecule has 1 aliphatic heterocycles. The molecule has 0 unspecified atom stereocenters. The Labute approximate surface area is 83.8 Å². The number of hydrogen-bond acceptors (Lipinski definition) is 0. The van der Waals surface area contributed by atoms with E-state index in [0.717, 1.165) is 0 Å². The van der Waals surface area contributed by atoms with Gasteiger partial charge in [-0.25, -0.2) is 0 Å². The third kappa shape index (κ3) is 4.08. The maximum absolute atomic E-state index is 2.10. The summed E-state index contributed by atoms with van der Waals surface area (Å²) < 4.78 is 0. The van der Waals surface area contributed by atoms with Crippen LogP contribution in [0, 0.1) is 0 Å². The van der Waals surface area contributed by atoms with Gasteiger partial charge in [-0.1, -0.05) is 14.3 Å². The second-order valence-corrected chi connectivity index (χ2v) is 1.53. The normalized spacial score (nSPS) is 13.3. The van der Waals surface area contributed by atoms with Crippen LogP contribution in [0.4, 0.5) is 0 Å². The van der Waals surface area contributed by atoms with E-state index in [-0.39, 0.29) is 59.1 Å².